The lowest BCUT2D eigenvalue weighted by atomic mass is 9.86. The van der Waals surface area contributed by atoms with Crippen LogP contribution in [0.1, 0.15) is 65.7 Å². The third-order valence-corrected chi connectivity index (χ3v) is 5.25. The minimum absolute atomic E-state index is 0.640. The van der Waals surface area contributed by atoms with Gasteiger partial charge in [-0.3, -0.25) is 4.79 Å². The maximum Gasteiger partial charge on any atom is 0.323 e. The number of aliphatic carboxylic acids is 1. The smallest absolute Gasteiger partial charge is 0.323 e. The average Bonchev–Trinajstić information content (AvgIpc) is 2.46. The predicted octanol–water partition coefficient (Wildman–Crippen LogP) is 3.12. The van der Waals surface area contributed by atoms with E-state index in [9.17, 15) is 9.90 Å². The first kappa shape index (κ1) is 18.4. The number of rotatable bonds is 9. The molecule has 1 aliphatic carbocycles. The Bertz CT molecular complexity index is 314. The molecule has 4 nitrogen and oxygen atoms in total. The van der Waals surface area contributed by atoms with Gasteiger partial charge in [0.2, 0.25) is 0 Å². The fourth-order valence-corrected chi connectivity index (χ4v) is 3.56. The summed E-state index contributed by atoms with van der Waals surface area (Å²) >= 11 is 0. The monoisotopic (exact) mass is 298 g/mol. The Morgan fingerprint density at radius 2 is 1.90 bits per heavy atom. The van der Waals surface area contributed by atoms with Crippen LogP contribution in [-0.2, 0) is 4.79 Å². The number of likely N-dealkylation sites (N-methyl/N-ethyl adjacent to an activating group) is 1. The average molecular weight is 298 g/mol. The van der Waals surface area contributed by atoms with Crippen molar-refractivity contribution in [3.05, 3.63) is 0 Å². The van der Waals surface area contributed by atoms with E-state index < -0.39 is 11.5 Å². The molecule has 4 heteroatoms. The highest BCUT2D eigenvalue weighted by atomic mass is 16.4. The third kappa shape index (κ3) is 5.26. The maximum atomic E-state index is 11.6. The molecule has 1 aliphatic rings. The molecule has 124 valence electrons. The normalized spacial score (nSPS) is 25.8. The lowest BCUT2D eigenvalue weighted by Gasteiger charge is -2.35. The van der Waals surface area contributed by atoms with Crippen LogP contribution >= 0.6 is 0 Å². The van der Waals surface area contributed by atoms with Gasteiger partial charge in [0, 0.05) is 6.04 Å². The first-order chi connectivity index (χ1) is 9.95. The number of hydrogen-bond donors (Lipinski definition) is 2. The Kier molecular flexibility index (Phi) is 7.67. The molecule has 0 heterocycles. The van der Waals surface area contributed by atoms with Crippen LogP contribution in [0.15, 0.2) is 0 Å². The van der Waals surface area contributed by atoms with E-state index in [1.54, 1.807) is 0 Å². The van der Waals surface area contributed by atoms with E-state index in [4.69, 9.17) is 0 Å². The molecule has 0 spiro atoms. The van der Waals surface area contributed by atoms with Crippen LogP contribution in [0, 0.1) is 5.92 Å². The molecule has 1 atom stereocenters. The van der Waals surface area contributed by atoms with Crippen LogP contribution in [-0.4, -0.2) is 47.7 Å². The zero-order valence-electron chi connectivity index (χ0n) is 14.3. The molecule has 21 heavy (non-hydrogen) atoms. The van der Waals surface area contributed by atoms with E-state index >= 15 is 0 Å². The highest BCUT2D eigenvalue weighted by Gasteiger charge is 2.35. The van der Waals surface area contributed by atoms with Crippen LogP contribution in [0.3, 0.4) is 0 Å². The van der Waals surface area contributed by atoms with Crippen molar-refractivity contribution >= 4 is 5.97 Å². The van der Waals surface area contributed by atoms with Gasteiger partial charge in [-0.25, -0.2) is 0 Å². The van der Waals surface area contributed by atoms with Gasteiger partial charge in [0.25, 0.3) is 0 Å². The Morgan fingerprint density at radius 3 is 2.38 bits per heavy atom. The van der Waals surface area contributed by atoms with Gasteiger partial charge in [-0.15, -0.1) is 0 Å². The number of nitrogens with one attached hydrogen (secondary N) is 1. The molecule has 0 aromatic carbocycles. The molecule has 0 amide bonds. The van der Waals surface area contributed by atoms with E-state index in [2.05, 4.69) is 24.2 Å². The number of nitrogens with zero attached hydrogens (tertiary/aromatic N) is 1. The van der Waals surface area contributed by atoms with Gasteiger partial charge in [-0.1, -0.05) is 20.8 Å². The summed E-state index contributed by atoms with van der Waals surface area (Å²) in [4.78, 5) is 14.0. The van der Waals surface area contributed by atoms with Crippen molar-refractivity contribution in [1.82, 2.24) is 10.2 Å². The van der Waals surface area contributed by atoms with Gasteiger partial charge in [-0.05, 0) is 71.0 Å². The summed E-state index contributed by atoms with van der Waals surface area (Å²) in [5.41, 5.74) is -0.739. The summed E-state index contributed by atoms with van der Waals surface area (Å²) in [6.07, 6.45) is 7.54. The second-order valence-corrected chi connectivity index (χ2v) is 6.77. The molecule has 0 aromatic rings. The van der Waals surface area contributed by atoms with Crippen molar-refractivity contribution in [2.24, 2.45) is 5.92 Å². The first-order valence-electron chi connectivity index (χ1n) is 8.63. The molecular weight excluding hydrogens is 264 g/mol. The van der Waals surface area contributed by atoms with Crippen LogP contribution in [0.4, 0.5) is 0 Å². The van der Waals surface area contributed by atoms with E-state index in [1.165, 1.54) is 25.7 Å². The SMILES string of the molecule is CCNC(CC)(CCCN(C)C1CCC(C)CC1)C(=O)O. The van der Waals surface area contributed by atoms with E-state index in [-0.39, 0.29) is 0 Å². The Labute approximate surface area is 130 Å². The minimum Gasteiger partial charge on any atom is -0.480 e. The van der Waals surface area contributed by atoms with Crippen LogP contribution in [0.25, 0.3) is 0 Å². The van der Waals surface area contributed by atoms with Crippen molar-refractivity contribution < 1.29 is 9.90 Å². The zero-order valence-corrected chi connectivity index (χ0v) is 14.3. The Hall–Kier alpha value is -0.610. The molecule has 1 fully saturated rings. The van der Waals surface area contributed by atoms with Gasteiger partial charge in [0.1, 0.15) is 5.54 Å². The first-order valence-corrected chi connectivity index (χ1v) is 8.63. The molecule has 0 aromatic heterocycles. The summed E-state index contributed by atoms with van der Waals surface area (Å²) in [7, 11) is 2.20. The van der Waals surface area contributed by atoms with Gasteiger partial charge < -0.3 is 15.3 Å². The molecule has 1 unspecified atom stereocenters. The maximum absolute atomic E-state index is 11.6. The zero-order chi connectivity index (χ0) is 15.9. The molecule has 1 saturated carbocycles. The fourth-order valence-electron chi connectivity index (χ4n) is 3.56. The van der Waals surface area contributed by atoms with E-state index in [1.807, 2.05) is 13.8 Å². The van der Waals surface area contributed by atoms with Crippen molar-refractivity contribution in [3.8, 4) is 0 Å². The number of carboxylic acid groups (broad SMARTS) is 1. The number of hydrogen-bond acceptors (Lipinski definition) is 3. The molecule has 0 bridgehead atoms. The summed E-state index contributed by atoms with van der Waals surface area (Å²) < 4.78 is 0. The predicted molar refractivity (Wildman–Crippen MR) is 87.6 cm³/mol. The largest absolute Gasteiger partial charge is 0.480 e. The van der Waals surface area contributed by atoms with Crippen molar-refractivity contribution in [2.75, 3.05) is 20.1 Å². The topological polar surface area (TPSA) is 52.6 Å². The van der Waals surface area contributed by atoms with Crippen LogP contribution in [0.5, 0.6) is 0 Å². The molecular formula is C17H34N2O2. The number of carboxylic acids is 1. The summed E-state index contributed by atoms with van der Waals surface area (Å²) in [6, 6.07) is 0.696. The van der Waals surface area contributed by atoms with Crippen LogP contribution < -0.4 is 5.32 Å². The van der Waals surface area contributed by atoms with Crippen molar-refractivity contribution in [2.45, 2.75) is 77.3 Å². The highest BCUT2D eigenvalue weighted by molar-refractivity contribution is 5.78. The Balaban J connectivity index is 2.41. The van der Waals surface area contributed by atoms with Crippen molar-refractivity contribution in [1.29, 1.82) is 0 Å². The number of carbonyl (C=O) groups is 1. The van der Waals surface area contributed by atoms with Gasteiger partial charge >= 0.3 is 5.97 Å². The summed E-state index contributed by atoms with van der Waals surface area (Å²) in [5.74, 6) is 0.171. The second-order valence-electron chi connectivity index (χ2n) is 6.77. The Morgan fingerprint density at radius 1 is 1.29 bits per heavy atom. The summed E-state index contributed by atoms with van der Waals surface area (Å²) in [5, 5.41) is 12.7. The van der Waals surface area contributed by atoms with E-state index in [0.29, 0.717) is 25.4 Å². The third-order valence-electron chi connectivity index (χ3n) is 5.25. The fraction of sp³-hybridized carbons (Fsp3) is 0.941. The lowest BCUT2D eigenvalue weighted by molar-refractivity contribution is -0.145. The van der Waals surface area contributed by atoms with Gasteiger partial charge in [0.15, 0.2) is 0 Å². The lowest BCUT2D eigenvalue weighted by Crippen LogP contribution is -2.52. The van der Waals surface area contributed by atoms with Crippen molar-refractivity contribution in [3.63, 3.8) is 0 Å². The van der Waals surface area contributed by atoms with E-state index in [0.717, 1.165) is 18.9 Å². The van der Waals surface area contributed by atoms with Gasteiger partial charge in [-0.2, -0.15) is 0 Å². The quantitative estimate of drug-likeness (QED) is 0.687. The van der Waals surface area contributed by atoms with Crippen LogP contribution in [0.2, 0.25) is 0 Å². The molecule has 0 saturated heterocycles. The molecule has 0 aliphatic heterocycles. The highest BCUT2D eigenvalue weighted by Crippen LogP contribution is 2.27. The summed E-state index contributed by atoms with van der Waals surface area (Å²) in [6.45, 7) is 7.98. The second kappa shape index (κ2) is 8.74. The molecule has 2 N–H and O–H groups in total. The minimum atomic E-state index is -0.739. The standard InChI is InChI=1S/C17H34N2O2/c1-5-17(16(20)21,18-6-2)12-7-13-19(4)15-10-8-14(3)9-11-15/h14-15,18H,5-13H2,1-4H3,(H,20,21). The molecule has 1 rings (SSSR count). The van der Waals surface area contributed by atoms with Gasteiger partial charge in [0.05, 0.1) is 0 Å². The molecule has 0 radical (unpaired) electrons.